The fourth-order valence-corrected chi connectivity index (χ4v) is 4.44. The fourth-order valence-electron chi connectivity index (χ4n) is 4.44. The summed E-state index contributed by atoms with van der Waals surface area (Å²) in [6.45, 7) is 5.81. The third-order valence-corrected chi connectivity index (χ3v) is 6.29. The van der Waals surface area contributed by atoms with Gasteiger partial charge in [0.15, 0.2) is 11.6 Å². The van der Waals surface area contributed by atoms with Crippen molar-refractivity contribution in [1.82, 2.24) is 10.6 Å². The highest BCUT2D eigenvalue weighted by Gasteiger charge is 2.43. The maximum Gasteiger partial charge on any atom is 0.408 e. The second kappa shape index (κ2) is 10.3. The Morgan fingerprint density at radius 3 is 2.51 bits per heavy atom. The molecule has 2 aliphatic heterocycles. The number of rotatable bonds is 5. The molecule has 2 N–H and O–H groups in total. The van der Waals surface area contributed by atoms with Gasteiger partial charge in [0.2, 0.25) is 5.91 Å². The topological polar surface area (TPSA) is 110 Å². The number of nitrogens with zero attached hydrogens (tertiary/aromatic N) is 1. The van der Waals surface area contributed by atoms with E-state index in [0.29, 0.717) is 28.0 Å². The molecule has 2 heterocycles. The van der Waals surface area contributed by atoms with Crippen LogP contribution in [0.25, 0.3) is 11.1 Å². The number of amides is 2. The van der Waals surface area contributed by atoms with E-state index in [1.807, 2.05) is 0 Å². The summed E-state index contributed by atoms with van der Waals surface area (Å²) in [7, 11) is 0. The Labute approximate surface area is 213 Å². The number of alkyl carbamates (subject to hydrolysis) is 1. The molecular weight excluding hydrogens is 484 g/mol. The molecule has 1 saturated heterocycles. The summed E-state index contributed by atoms with van der Waals surface area (Å²) in [5.41, 5.74) is 0.406. The van der Waals surface area contributed by atoms with Gasteiger partial charge in [0, 0.05) is 43.6 Å². The van der Waals surface area contributed by atoms with Crippen LogP contribution in [0.5, 0.6) is 5.75 Å². The summed E-state index contributed by atoms with van der Waals surface area (Å²) in [5.74, 6) is -1.89. The zero-order valence-corrected chi connectivity index (χ0v) is 21.0. The third-order valence-electron chi connectivity index (χ3n) is 6.29. The number of nitriles is 1. The molecule has 0 aliphatic carbocycles. The fraction of sp³-hybridized carbons (Fsp3) is 0.444. The Morgan fingerprint density at radius 2 is 1.84 bits per heavy atom. The van der Waals surface area contributed by atoms with Crippen LogP contribution in [0.4, 0.5) is 13.6 Å². The third kappa shape index (κ3) is 6.00. The van der Waals surface area contributed by atoms with Crippen LogP contribution < -0.4 is 15.4 Å². The lowest BCUT2D eigenvalue weighted by Crippen LogP contribution is -2.63. The van der Waals surface area contributed by atoms with Gasteiger partial charge in [0.05, 0.1) is 6.07 Å². The first-order valence-electron chi connectivity index (χ1n) is 12.0. The standard InChI is InChI=1S/C27H29F2N3O5/c1-26(2,3)37-25(34)32-27(6-8-35-9-7-27)24(33)31-18(14-30)10-16-4-5-19-20-13-22(29)21(28)12-17(20)15-36-23(19)11-16/h4-5,11-13,18H,6-10,15H2,1-3H3,(H,31,33)(H,32,34)/t18-/m0/s1. The van der Waals surface area contributed by atoms with Crippen molar-refractivity contribution < 1.29 is 32.6 Å². The average molecular weight is 514 g/mol. The lowest BCUT2D eigenvalue weighted by molar-refractivity contribution is -0.132. The summed E-state index contributed by atoms with van der Waals surface area (Å²) in [6, 6.07) is 8.67. The predicted molar refractivity (Wildman–Crippen MR) is 130 cm³/mol. The quantitative estimate of drug-likeness (QED) is 0.622. The zero-order chi connectivity index (χ0) is 26.8. The van der Waals surface area contributed by atoms with Gasteiger partial charge in [-0.05, 0) is 50.1 Å². The van der Waals surface area contributed by atoms with E-state index in [9.17, 15) is 23.6 Å². The number of hydrogen-bond acceptors (Lipinski definition) is 6. The molecule has 0 unspecified atom stereocenters. The molecule has 2 amide bonds. The maximum atomic E-state index is 13.8. The molecule has 1 fully saturated rings. The van der Waals surface area contributed by atoms with Crippen molar-refractivity contribution in [3.8, 4) is 22.9 Å². The number of carbonyl (C=O) groups excluding carboxylic acids is 2. The summed E-state index contributed by atoms with van der Waals surface area (Å²) in [5, 5.41) is 15.2. The van der Waals surface area contributed by atoms with E-state index in [0.717, 1.165) is 12.1 Å². The number of ether oxygens (including phenoxy) is 3. The first-order chi connectivity index (χ1) is 17.5. The second-order valence-corrected chi connectivity index (χ2v) is 10.2. The summed E-state index contributed by atoms with van der Waals surface area (Å²) >= 11 is 0. The summed E-state index contributed by atoms with van der Waals surface area (Å²) < 4.78 is 43.9. The average Bonchev–Trinajstić information content (AvgIpc) is 2.83. The predicted octanol–water partition coefficient (Wildman–Crippen LogP) is 4.15. The van der Waals surface area contributed by atoms with E-state index in [1.165, 1.54) is 0 Å². The molecule has 2 aromatic rings. The van der Waals surface area contributed by atoms with Crippen molar-refractivity contribution in [2.75, 3.05) is 13.2 Å². The van der Waals surface area contributed by atoms with E-state index in [4.69, 9.17) is 14.2 Å². The largest absolute Gasteiger partial charge is 0.488 e. The molecule has 0 saturated carbocycles. The molecule has 0 bridgehead atoms. The highest BCUT2D eigenvalue weighted by atomic mass is 19.2. The molecule has 2 aliphatic rings. The van der Waals surface area contributed by atoms with Gasteiger partial charge in [-0.25, -0.2) is 13.6 Å². The van der Waals surface area contributed by atoms with Crippen molar-refractivity contribution >= 4 is 12.0 Å². The van der Waals surface area contributed by atoms with Gasteiger partial charge >= 0.3 is 6.09 Å². The minimum atomic E-state index is -1.27. The number of benzene rings is 2. The van der Waals surface area contributed by atoms with Crippen LogP contribution in [0.2, 0.25) is 0 Å². The molecular formula is C27H29F2N3O5. The number of nitrogens with one attached hydrogen (secondary N) is 2. The summed E-state index contributed by atoms with van der Waals surface area (Å²) in [4.78, 5) is 25.8. The first kappa shape index (κ1) is 26.4. The van der Waals surface area contributed by atoms with Crippen LogP contribution in [-0.2, 0) is 27.3 Å². The van der Waals surface area contributed by atoms with E-state index in [1.54, 1.807) is 39.0 Å². The van der Waals surface area contributed by atoms with Crippen molar-refractivity contribution in [2.45, 2.75) is 63.8 Å². The smallest absolute Gasteiger partial charge is 0.408 e. The van der Waals surface area contributed by atoms with Gasteiger partial charge in [-0.3, -0.25) is 4.79 Å². The van der Waals surface area contributed by atoms with E-state index in [-0.39, 0.29) is 39.1 Å². The van der Waals surface area contributed by atoms with Crippen LogP contribution >= 0.6 is 0 Å². The molecule has 0 spiro atoms. The zero-order valence-electron chi connectivity index (χ0n) is 21.0. The van der Waals surface area contributed by atoms with Crippen LogP contribution in [0.3, 0.4) is 0 Å². The number of halogens is 2. The van der Waals surface area contributed by atoms with Crippen LogP contribution in [-0.4, -0.2) is 42.4 Å². The normalized spacial score (nSPS) is 16.8. The molecule has 37 heavy (non-hydrogen) atoms. The Hall–Kier alpha value is -3.71. The Kier molecular flexibility index (Phi) is 7.37. The first-order valence-corrected chi connectivity index (χ1v) is 12.0. The lowest BCUT2D eigenvalue weighted by atomic mass is 9.88. The maximum absolute atomic E-state index is 13.8. The van der Waals surface area contributed by atoms with Gasteiger partial charge in [-0.15, -0.1) is 0 Å². The van der Waals surface area contributed by atoms with Crippen molar-refractivity contribution in [2.24, 2.45) is 0 Å². The lowest BCUT2D eigenvalue weighted by Gasteiger charge is -2.37. The minimum Gasteiger partial charge on any atom is -0.488 e. The van der Waals surface area contributed by atoms with E-state index < -0.39 is 40.8 Å². The van der Waals surface area contributed by atoms with Crippen LogP contribution in [0, 0.1) is 23.0 Å². The Morgan fingerprint density at radius 1 is 1.14 bits per heavy atom. The minimum absolute atomic E-state index is 0.0856. The highest BCUT2D eigenvalue weighted by Crippen LogP contribution is 2.39. The molecule has 196 valence electrons. The Bertz CT molecular complexity index is 1250. The van der Waals surface area contributed by atoms with Crippen LogP contribution in [0.1, 0.15) is 44.7 Å². The van der Waals surface area contributed by atoms with Gasteiger partial charge in [-0.2, -0.15) is 5.26 Å². The number of fused-ring (bicyclic) bond motifs is 3. The van der Waals surface area contributed by atoms with Crippen molar-refractivity contribution in [3.63, 3.8) is 0 Å². The van der Waals surface area contributed by atoms with Gasteiger partial charge < -0.3 is 24.8 Å². The molecule has 8 nitrogen and oxygen atoms in total. The monoisotopic (exact) mass is 513 g/mol. The van der Waals surface area contributed by atoms with Crippen LogP contribution in [0.15, 0.2) is 30.3 Å². The van der Waals surface area contributed by atoms with E-state index in [2.05, 4.69) is 16.7 Å². The van der Waals surface area contributed by atoms with Crippen molar-refractivity contribution in [1.29, 1.82) is 5.26 Å². The highest BCUT2D eigenvalue weighted by molar-refractivity contribution is 5.90. The van der Waals surface area contributed by atoms with Gasteiger partial charge in [0.1, 0.15) is 29.5 Å². The number of carbonyl (C=O) groups is 2. The molecule has 2 aromatic carbocycles. The number of hydrogen-bond donors (Lipinski definition) is 2. The molecule has 4 rings (SSSR count). The summed E-state index contributed by atoms with van der Waals surface area (Å²) in [6.07, 6.45) is -0.0805. The molecule has 1 atom stereocenters. The SMILES string of the molecule is CC(C)(C)OC(=O)NC1(C(=O)N[C@H](C#N)Cc2ccc3c(c2)OCc2cc(F)c(F)cc2-3)CCOCC1. The van der Waals surface area contributed by atoms with E-state index >= 15 is 0 Å². The molecule has 0 aromatic heterocycles. The van der Waals surface area contributed by atoms with Gasteiger partial charge in [-0.1, -0.05) is 12.1 Å². The van der Waals surface area contributed by atoms with Gasteiger partial charge in [0.25, 0.3) is 0 Å². The molecule has 0 radical (unpaired) electrons. The molecule has 10 heteroatoms. The van der Waals surface area contributed by atoms with Crippen molar-refractivity contribution in [3.05, 3.63) is 53.1 Å². The second-order valence-electron chi connectivity index (χ2n) is 10.2. The Balaban J connectivity index is 1.49.